The van der Waals surface area contributed by atoms with Gasteiger partial charge in [0.1, 0.15) is 5.69 Å². The molecule has 0 aliphatic heterocycles. The molecule has 3 N–H and O–H groups in total. The second-order valence-electron chi connectivity index (χ2n) is 3.33. The molecule has 2 aromatic rings. The van der Waals surface area contributed by atoms with Gasteiger partial charge < -0.3 is 15.2 Å². The topological polar surface area (TPSA) is 90.7 Å². The van der Waals surface area contributed by atoms with Crippen LogP contribution < -0.4 is 5.46 Å². The monoisotopic (exact) mass is 217 g/mol. The Bertz CT molecular complexity index is 556. The Hall–Kier alpha value is -1.92. The standard InChI is InChI=1S/C10H8BNO4/c13-10(14)8-4-2-6-1-3-7(11(15)16)5-9(6)12-8/h1-5,15-16H,(H,13,14). The molecule has 1 heterocycles. The molecule has 0 aliphatic rings. The van der Waals surface area contributed by atoms with Gasteiger partial charge in [-0.25, -0.2) is 9.78 Å². The van der Waals surface area contributed by atoms with E-state index in [1.165, 1.54) is 12.1 Å². The minimum Gasteiger partial charge on any atom is -0.477 e. The normalized spacial score (nSPS) is 10.4. The third kappa shape index (κ3) is 1.88. The number of rotatable bonds is 2. The molecule has 1 aromatic carbocycles. The van der Waals surface area contributed by atoms with Crippen molar-refractivity contribution >= 4 is 29.5 Å². The minimum atomic E-state index is -1.58. The summed E-state index contributed by atoms with van der Waals surface area (Å²) < 4.78 is 0. The van der Waals surface area contributed by atoms with Crippen molar-refractivity contribution in [3.63, 3.8) is 0 Å². The van der Waals surface area contributed by atoms with Crippen molar-refractivity contribution in [3.05, 3.63) is 36.0 Å². The van der Waals surface area contributed by atoms with Crippen molar-refractivity contribution in [1.29, 1.82) is 0 Å². The molecule has 0 unspecified atom stereocenters. The van der Waals surface area contributed by atoms with Gasteiger partial charge in [-0.15, -0.1) is 0 Å². The van der Waals surface area contributed by atoms with E-state index in [2.05, 4.69) is 4.98 Å². The number of nitrogens with zero attached hydrogens (tertiary/aromatic N) is 1. The van der Waals surface area contributed by atoms with E-state index >= 15 is 0 Å². The van der Waals surface area contributed by atoms with E-state index in [-0.39, 0.29) is 11.2 Å². The smallest absolute Gasteiger partial charge is 0.477 e. The van der Waals surface area contributed by atoms with Crippen molar-refractivity contribution in [2.75, 3.05) is 0 Å². The Balaban J connectivity index is 2.61. The number of aromatic carboxylic acids is 1. The quantitative estimate of drug-likeness (QED) is 0.596. The second kappa shape index (κ2) is 3.92. The van der Waals surface area contributed by atoms with Gasteiger partial charge in [-0.1, -0.05) is 18.2 Å². The first-order valence-electron chi connectivity index (χ1n) is 4.58. The van der Waals surface area contributed by atoms with Crippen molar-refractivity contribution in [1.82, 2.24) is 4.98 Å². The van der Waals surface area contributed by atoms with E-state index in [1.807, 2.05) is 0 Å². The molecule has 0 aliphatic carbocycles. The zero-order valence-electron chi connectivity index (χ0n) is 8.16. The van der Waals surface area contributed by atoms with Gasteiger partial charge in [0.2, 0.25) is 0 Å². The van der Waals surface area contributed by atoms with Gasteiger partial charge in [-0.2, -0.15) is 0 Å². The Kier molecular flexibility index (Phi) is 2.60. The molecule has 1 aromatic heterocycles. The van der Waals surface area contributed by atoms with Gasteiger partial charge in [0.25, 0.3) is 0 Å². The van der Waals surface area contributed by atoms with Crippen molar-refractivity contribution in [3.8, 4) is 0 Å². The molecule has 6 heteroatoms. The highest BCUT2D eigenvalue weighted by molar-refractivity contribution is 6.58. The van der Waals surface area contributed by atoms with Crippen molar-refractivity contribution in [2.24, 2.45) is 0 Å². The maximum atomic E-state index is 10.7. The zero-order valence-corrected chi connectivity index (χ0v) is 8.16. The van der Waals surface area contributed by atoms with Crippen LogP contribution in [0, 0.1) is 0 Å². The lowest BCUT2D eigenvalue weighted by molar-refractivity contribution is 0.0691. The van der Waals surface area contributed by atoms with E-state index in [0.717, 1.165) is 5.39 Å². The lowest BCUT2D eigenvalue weighted by atomic mass is 9.80. The number of carbonyl (C=O) groups is 1. The first-order valence-corrected chi connectivity index (χ1v) is 4.58. The largest absolute Gasteiger partial charge is 0.488 e. The molecule has 0 saturated carbocycles. The van der Waals surface area contributed by atoms with Gasteiger partial charge in [0, 0.05) is 5.39 Å². The molecular formula is C10H8BNO4. The summed E-state index contributed by atoms with van der Waals surface area (Å²) in [5.41, 5.74) is 0.630. The highest BCUT2D eigenvalue weighted by atomic mass is 16.4. The number of pyridine rings is 1. The minimum absolute atomic E-state index is 0.0721. The molecule has 0 bridgehead atoms. The van der Waals surface area contributed by atoms with E-state index < -0.39 is 13.1 Å². The SMILES string of the molecule is O=C(O)c1ccc2ccc(B(O)O)cc2n1. The van der Waals surface area contributed by atoms with Crippen LogP contribution in [0.1, 0.15) is 10.5 Å². The molecular weight excluding hydrogens is 209 g/mol. The highest BCUT2D eigenvalue weighted by Crippen LogP contribution is 2.11. The third-order valence-corrected chi connectivity index (χ3v) is 2.23. The van der Waals surface area contributed by atoms with Gasteiger partial charge in [-0.05, 0) is 17.6 Å². The summed E-state index contributed by atoms with van der Waals surface area (Å²) in [5, 5.41) is 27.5. The fourth-order valence-corrected chi connectivity index (χ4v) is 1.41. The van der Waals surface area contributed by atoms with E-state index in [0.29, 0.717) is 5.52 Å². The summed E-state index contributed by atoms with van der Waals surface area (Å²) >= 11 is 0. The molecule has 0 amide bonds. The average molecular weight is 217 g/mol. The summed E-state index contributed by atoms with van der Waals surface area (Å²) in [4.78, 5) is 14.6. The number of benzene rings is 1. The van der Waals surface area contributed by atoms with Gasteiger partial charge in [0.05, 0.1) is 5.52 Å². The summed E-state index contributed by atoms with van der Waals surface area (Å²) in [7, 11) is -1.58. The molecule has 0 atom stereocenters. The molecule has 0 spiro atoms. The third-order valence-electron chi connectivity index (χ3n) is 2.23. The van der Waals surface area contributed by atoms with Crippen LogP contribution in [0.5, 0.6) is 0 Å². The van der Waals surface area contributed by atoms with Crippen molar-refractivity contribution < 1.29 is 19.9 Å². The van der Waals surface area contributed by atoms with Crippen LogP contribution in [0.15, 0.2) is 30.3 Å². The number of carboxylic acids is 1. The highest BCUT2D eigenvalue weighted by Gasteiger charge is 2.12. The van der Waals surface area contributed by atoms with Gasteiger partial charge in [-0.3, -0.25) is 0 Å². The number of carboxylic acid groups (broad SMARTS) is 1. The lowest BCUT2D eigenvalue weighted by Crippen LogP contribution is -2.29. The Morgan fingerprint density at radius 1 is 1.19 bits per heavy atom. The Morgan fingerprint density at radius 3 is 2.50 bits per heavy atom. The van der Waals surface area contributed by atoms with Crippen LogP contribution in [0.25, 0.3) is 10.9 Å². The summed E-state index contributed by atoms with van der Waals surface area (Å²) in [6.07, 6.45) is 0. The predicted octanol–water partition coefficient (Wildman–Crippen LogP) is -0.387. The Labute approximate surface area is 91.1 Å². The lowest BCUT2D eigenvalue weighted by Gasteiger charge is -2.02. The fourth-order valence-electron chi connectivity index (χ4n) is 1.41. The van der Waals surface area contributed by atoms with Crippen LogP contribution in [0.2, 0.25) is 0 Å². The molecule has 0 radical (unpaired) electrons. The van der Waals surface area contributed by atoms with Crippen LogP contribution in [-0.4, -0.2) is 33.2 Å². The number of hydrogen-bond donors (Lipinski definition) is 3. The maximum Gasteiger partial charge on any atom is 0.488 e. The van der Waals surface area contributed by atoms with Crippen molar-refractivity contribution in [2.45, 2.75) is 0 Å². The zero-order chi connectivity index (χ0) is 11.7. The van der Waals surface area contributed by atoms with Crippen LogP contribution in [0.4, 0.5) is 0 Å². The number of fused-ring (bicyclic) bond motifs is 1. The fraction of sp³-hybridized carbons (Fsp3) is 0. The summed E-state index contributed by atoms with van der Waals surface area (Å²) in [5.74, 6) is -1.11. The Morgan fingerprint density at radius 2 is 1.88 bits per heavy atom. The van der Waals surface area contributed by atoms with Crippen LogP contribution in [-0.2, 0) is 0 Å². The molecule has 80 valence electrons. The molecule has 2 rings (SSSR count). The van der Waals surface area contributed by atoms with Crippen LogP contribution in [0.3, 0.4) is 0 Å². The summed E-state index contributed by atoms with van der Waals surface area (Å²) in [6.45, 7) is 0. The van der Waals surface area contributed by atoms with Gasteiger partial charge >= 0.3 is 13.1 Å². The average Bonchev–Trinajstić information content (AvgIpc) is 2.27. The van der Waals surface area contributed by atoms with Crippen LogP contribution >= 0.6 is 0 Å². The number of aromatic nitrogens is 1. The molecule has 5 nitrogen and oxygen atoms in total. The maximum absolute atomic E-state index is 10.7. The second-order valence-corrected chi connectivity index (χ2v) is 3.33. The first kappa shape index (κ1) is 10.6. The van der Waals surface area contributed by atoms with E-state index in [1.54, 1.807) is 18.2 Å². The molecule has 16 heavy (non-hydrogen) atoms. The predicted molar refractivity (Wildman–Crippen MR) is 58.5 cm³/mol. The summed E-state index contributed by atoms with van der Waals surface area (Å²) in [6, 6.07) is 7.68. The first-order chi connectivity index (χ1) is 7.58. The van der Waals surface area contributed by atoms with E-state index in [4.69, 9.17) is 15.2 Å². The van der Waals surface area contributed by atoms with E-state index in [9.17, 15) is 4.79 Å². The molecule has 0 saturated heterocycles. The van der Waals surface area contributed by atoms with Gasteiger partial charge in [0.15, 0.2) is 0 Å². The molecule has 0 fully saturated rings. The number of hydrogen-bond acceptors (Lipinski definition) is 4.